The Labute approximate surface area is 187 Å². The number of likely N-dealkylation sites (N-methyl/N-ethyl adjacent to an activating group) is 1. The van der Waals surface area contributed by atoms with Gasteiger partial charge in [-0.3, -0.25) is 14.7 Å². The van der Waals surface area contributed by atoms with Gasteiger partial charge >= 0.3 is 0 Å². The lowest BCUT2D eigenvalue weighted by Crippen LogP contribution is -2.50. The Bertz CT molecular complexity index is 713. The summed E-state index contributed by atoms with van der Waals surface area (Å²) in [6, 6.07) is 9.09. The van der Waals surface area contributed by atoms with Gasteiger partial charge in [-0.05, 0) is 45.1 Å². The van der Waals surface area contributed by atoms with Gasteiger partial charge in [-0.2, -0.15) is 0 Å². The van der Waals surface area contributed by atoms with Crippen LogP contribution in [0.25, 0.3) is 0 Å². The van der Waals surface area contributed by atoms with E-state index < -0.39 is 0 Å². The molecule has 31 heavy (non-hydrogen) atoms. The highest BCUT2D eigenvalue weighted by molar-refractivity contribution is 5.80. The number of benzene rings is 1. The standard InChI is InChI=1S/C24H39N5O2/c1-4-26-24(28-21-11-13-29(14-12-21)17-22(30)25-3)27-16-20-6-5-15-31-23(20)19-9-7-18(2)8-10-19/h7-10,20-21,23H,4-6,11-17H2,1-3H3,(H,25,30)(H2,26,27,28). The van der Waals surface area contributed by atoms with Gasteiger partial charge in [0.1, 0.15) is 0 Å². The number of hydrogen-bond donors (Lipinski definition) is 3. The van der Waals surface area contributed by atoms with Crippen LogP contribution in [-0.2, 0) is 9.53 Å². The van der Waals surface area contributed by atoms with E-state index in [1.807, 2.05) is 0 Å². The average molecular weight is 430 g/mol. The Hall–Kier alpha value is -2.12. The monoisotopic (exact) mass is 429 g/mol. The van der Waals surface area contributed by atoms with Crippen LogP contribution in [0, 0.1) is 12.8 Å². The summed E-state index contributed by atoms with van der Waals surface area (Å²) in [5.41, 5.74) is 2.53. The molecular weight excluding hydrogens is 390 g/mol. The van der Waals surface area contributed by atoms with E-state index in [-0.39, 0.29) is 12.0 Å². The molecule has 2 heterocycles. The van der Waals surface area contributed by atoms with E-state index in [9.17, 15) is 4.79 Å². The van der Waals surface area contributed by atoms with Crippen LogP contribution in [-0.4, -0.2) is 69.2 Å². The highest BCUT2D eigenvalue weighted by atomic mass is 16.5. The molecule has 1 aromatic carbocycles. The lowest BCUT2D eigenvalue weighted by Gasteiger charge is -2.33. The van der Waals surface area contributed by atoms with Gasteiger partial charge < -0.3 is 20.7 Å². The molecule has 0 saturated carbocycles. The van der Waals surface area contributed by atoms with Crippen molar-refractivity contribution in [3.8, 4) is 0 Å². The van der Waals surface area contributed by atoms with Crippen LogP contribution in [0.15, 0.2) is 29.3 Å². The van der Waals surface area contributed by atoms with Crippen molar-refractivity contribution in [3.05, 3.63) is 35.4 Å². The number of amides is 1. The van der Waals surface area contributed by atoms with E-state index in [4.69, 9.17) is 9.73 Å². The minimum Gasteiger partial charge on any atom is -0.373 e. The van der Waals surface area contributed by atoms with E-state index >= 15 is 0 Å². The molecular formula is C24H39N5O2. The summed E-state index contributed by atoms with van der Waals surface area (Å²) < 4.78 is 6.16. The van der Waals surface area contributed by atoms with Crippen molar-refractivity contribution in [1.29, 1.82) is 0 Å². The summed E-state index contributed by atoms with van der Waals surface area (Å²) in [6.45, 7) is 8.97. The molecule has 1 aromatic rings. The normalized spacial score (nSPS) is 23.4. The van der Waals surface area contributed by atoms with Crippen molar-refractivity contribution in [3.63, 3.8) is 0 Å². The second-order valence-corrected chi connectivity index (χ2v) is 8.69. The molecule has 2 atom stereocenters. The lowest BCUT2D eigenvalue weighted by atomic mass is 9.89. The van der Waals surface area contributed by atoms with Crippen molar-refractivity contribution in [2.24, 2.45) is 10.9 Å². The molecule has 172 valence electrons. The average Bonchev–Trinajstić information content (AvgIpc) is 2.79. The van der Waals surface area contributed by atoms with Gasteiger partial charge in [0.25, 0.3) is 0 Å². The van der Waals surface area contributed by atoms with Crippen molar-refractivity contribution in [2.75, 3.05) is 46.4 Å². The summed E-state index contributed by atoms with van der Waals surface area (Å²) >= 11 is 0. The number of guanidine groups is 1. The second kappa shape index (κ2) is 12.1. The highest BCUT2D eigenvalue weighted by Gasteiger charge is 2.28. The molecule has 7 heteroatoms. The number of nitrogens with one attached hydrogen (secondary N) is 3. The molecule has 2 unspecified atom stereocenters. The van der Waals surface area contributed by atoms with Gasteiger partial charge in [0, 0.05) is 51.8 Å². The quantitative estimate of drug-likeness (QED) is 0.458. The van der Waals surface area contributed by atoms with Crippen molar-refractivity contribution >= 4 is 11.9 Å². The SMILES string of the molecule is CCNC(=NCC1CCCOC1c1ccc(C)cc1)NC1CCN(CC(=O)NC)CC1. The fourth-order valence-electron chi connectivity index (χ4n) is 4.39. The van der Waals surface area contributed by atoms with Gasteiger partial charge in [-0.25, -0.2) is 0 Å². The van der Waals surface area contributed by atoms with E-state index in [0.717, 1.165) is 64.4 Å². The Morgan fingerprint density at radius 3 is 2.61 bits per heavy atom. The zero-order chi connectivity index (χ0) is 22.1. The number of piperidine rings is 1. The summed E-state index contributed by atoms with van der Waals surface area (Å²) in [6.07, 6.45) is 4.38. The third-order valence-corrected chi connectivity index (χ3v) is 6.25. The Morgan fingerprint density at radius 2 is 1.94 bits per heavy atom. The Morgan fingerprint density at radius 1 is 1.19 bits per heavy atom. The van der Waals surface area contributed by atoms with Gasteiger partial charge in [-0.1, -0.05) is 29.8 Å². The Kier molecular flexibility index (Phi) is 9.15. The zero-order valence-electron chi connectivity index (χ0n) is 19.3. The minimum atomic E-state index is 0.0825. The largest absolute Gasteiger partial charge is 0.373 e. The molecule has 2 fully saturated rings. The van der Waals surface area contributed by atoms with Crippen LogP contribution in [0.2, 0.25) is 0 Å². The first-order chi connectivity index (χ1) is 15.1. The van der Waals surface area contributed by atoms with Crippen LogP contribution >= 0.6 is 0 Å². The maximum absolute atomic E-state index is 11.6. The molecule has 0 spiro atoms. The molecule has 3 N–H and O–H groups in total. The smallest absolute Gasteiger partial charge is 0.233 e. The number of hydrogen-bond acceptors (Lipinski definition) is 4. The fourth-order valence-corrected chi connectivity index (χ4v) is 4.39. The predicted octanol–water partition coefficient (Wildman–Crippen LogP) is 2.23. The summed E-state index contributed by atoms with van der Waals surface area (Å²) in [5, 5.41) is 9.72. The van der Waals surface area contributed by atoms with E-state index in [1.165, 1.54) is 11.1 Å². The number of likely N-dealkylation sites (tertiary alicyclic amines) is 1. The molecule has 0 aromatic heterocycles. The molecule has 1 amide bonds. The minimum absolute atomic E-state index is 0.0825. The molecule has 0 bridgehead atoms. The van der Waals surface area contributed by atoms with Crippen LogP contribution < -0.4 is 16.0 Å². The van der Waals surface area contributed by atoms with Gasteiger partial charge in [-0.15, -0.1) is 0 Å². The van der Waals surface area contributed by atoms with Crippen molar-refractivity contribution in [1.82, 2.24) is 20.9 Å². The molecule has 7 nitrogen and oxygen atoms in total. The summed E-state index contributed by atoms with van der Waals surface area (Å²) in [5.74, 6) is 1.36. The molecule has 0 aliphatic carbocycles. The zero-order valence-corrected chi connectivity index (χ0v) is 19.3. The first-order valence-electron chi connectivity index (χ1n) is 11.7. The molecule has 2 aliphatic rings. The second-order valence-electron chi connectivity index (χ2n) is 8.69. The molecule has 3 rings (SSSR count). The number of ether oxygens (including phenoxy) is 1. The summed E-state index contributed by atoms with van der Waals surface area (Å²) in [7, 11) is 1.69. The van der Waals surface area contributed by atoms with Gasteiger partial charge in [0.15, 0.2) is 5.96 Å². The first-order valence-corrected chi connectivity index (χ1v) is 11.7. The third kappa shape index (κ3) is 7.21. The highest BCUT2D eigenvalue weighted by Crippen LogP contribution is 2.34. The Balaban J connectivity index is 1.56. The number of rotatable bonds is 7. The molecule has 0 radical (unpaired) electrons. The van der Waals surface area contributed by atoms with Crippen molar-refractivity contribution in [2.45, 2.75) is 51.7 Å². The third-order valence-electron chi connectivity index (χ3n) is 6.25. The van der Waals surface area contributed by atoms with Crippen LogP contribution in [0.3, 0.4) is 0 Å². The number of aryl methyl sites for hydroxylation is 1. The topological polar surface area (TPSA) is 78.0 Å². The van der Waals surface area contributed by atoms with Crippen LogP contribution in [0.5, 0.6) is 0 Å². The summed E-state index contributed by atoms with van der Waals surface area (Å²) in [4.78, 5) is 18.8. The van der Waals surface area contributed by atoms with Gasteiger partial charge in [0.2, 0.25) is 5.91 Å². The maximum Gasteiger partial charge on any atom is 0.233 e. The van der Waals surface area contributed by atoms with E-state index in [1.54, 1.807) is 7.05 Å². The number of carbonyl (C=O) groups excluding carboxylic acids is 1. The lowest BCUT2D eigenvalue weighted by molar-refractivity contribution is -0.122. The van der Waals surface area contributed by atoms with Gasteiger partial charge in [0.05, 0.1) is 12.6 Å². The predicted molar refractivity (Wildman–Crippen MR) is 125 cm³/mol. The fraction of sp³-hybridized carbons (Fsp3) is 0.667. The van der Waals surface area contributed by atoms with Crippen LogP contribution in [0.4, 0.5) is 0 Å². The molecule has 2 aliphatic heterocycles. The number of aliphatic imine (C=N–C) groups is 1. The van der Waals surface area contributed by atoms with Crippen molar-refractivity contribution < 1.29 is 9.53 Å². The molecule has 2 saturated heterocycles. The number of nitrogens with zero attached hydrogens (tertiary/aromatic N) is 2. The number of carbonyl (C=O) groups is 1. The van der Waals surface area contributed by atoms with Crippen LogP contribution in [0.1, 0.15) is 49.8 Å². The van der Waals surface area contributed by atoms with E-state index in [2.05, 4.69) is 59.0 Å². The first kappa shape index (κ1) is 23.5. The van der Waals surface area contributed by atoms with E-state index in [0.29, 0.717) is 18.5 Å². The maximum atomic E-state index is 11.6.